The molecular weight excluding hydrogens is 344 g/mol. The Morgan fingerprint density at radius 1 is 1.33 bits per heavy atom. The van der Waals surface area contributed by atoms with Gasteiger partial charge in [0.15, 0.2) is 4.34 Å². The molecule has 8 heteroatoms. The number of thioether (sulfide) groups is 1. The number of hydrogen-bond donors (Lipinski definition) is 2. The first-order valence-electron chi connectivity index (χ1n) is 7.75. The van der Waals surface area contributed by atoms with E-state index in [2.05, 4.69) is 27.8 Å². The second-order valence-electron chi connectivity index (χ2n) is 5.09. The van der Waals surface area contributed by atoms with Crippen LogP contribution in [-0.4, -0.2) is 41.6 Å². The normalized spacial score (nSPS) is 12.0. The summed E-state index contributed by atoms with van der Waals surface area (Å²) in [4.78, 5) is 12.3. The van der Waals surface area contributed by atoms with Gasteiger partial charge in [0.05, 0.1) is 11.9 Å². The number of carbonyl (C=O) groups excluding carboxylic acids is 1. The largest absolute Gasteiger partial charge is 0.383 e. The fourth-order valence-electron chi connectivity index (χ4n) is 1.86. The molecule has 130 valence electrons. The number of anilines is 2. The van der Waals surface area contributed by atoms with Gasteiger partial charge in [-0.25, -0.2) is 0 Å². The molecule has 0 spiro atoms. The fourth-order valence-corrected chi connectivity index (χ4v) is 3.78. The van der Waals surface area contributed by atoms with Crippen LogP contribution < -0.4 is 10.6 Å². The lowest BCUT2D eigenvalue weighted by Crippen LogP contribution is -2.22. The summed E-state index contributed by atoms with van der Waals surface area (Å²) in [6.45, 7) is 5.25. The Bertz CT molecular complexity index is 646. The van der Waals surface area contributed by atoms with E-state index in [9.17, 15) is 4.79 Å². The molecule has 2 rings (SSSR count). The van der Waals surface area contributed by atoms with E-state index in [4.69, 9.17) is 4.74 Å². The first kappa shape index (κ1) is 18.7. The summed E-state index contributed by atoms with van der Waals surface area (Å²) < 4.78 is 5.74. The smallest absolute Gasteiger partial charge is 0.237 e. The zero-order valence-corrected chi connectivity index (χ0v) is 15.7. The third-order valence-electron chi connectivity index (χ3n) is 3.27. The van der Waals surface area contributed by atoms with Crippen molar-refractivity contribution in [1.82, 2.24) is 10.2 Å². The number of aryl methyl sites for hydroxylation is 1. The van der Waals surface area contributed by atoms with Gasteiger partial charge in [-0.2, -0.15) is 0 Å². The van der Waals surface area contributed by atoms with E-state index in [1.807, 2.05) is 31.2 Å². The lowest BCUT2D eigenvalue weighted by Gasteiger charge is -2.10. The Kier molecular flexibility index (Phi) is 7.48. The quantitative estimate of drug-likeness (QED) is 0.524. The number of nitrogens with zero attached hydrogens (tertiary/aromatic N) is 2. The second-order valence-corrected chi connectivity index (χ2v) is 7.66. The Hall–Kier alpha value is -1.64. The van der Waals surface area contributed by atoms with Crippen molar-refractivity contribution in [3.05, 3.63) is 29.8 Å². The maximum absolute atomic E-state index is 12.3. The predicted molar refractivity (Wildman–Crippen MR) is 100 cm³/mol. The fraction of sp³-hybridized carbons (Fsp3) is 0.438. The third-order valence-corrected chi connectivity index (χ3v) is 5.33. The number of methoxy groups -OCH3 is 1. The third kappa shape index (κ3) is 5.77. The molecule has 1 atom stereocenters. The SMILES string of the molecule is CCc1ccc(NC(=O)[C@H](C)Sc2nnc(NCCOC)s2)cc1. The number of amides is 1. The van der Waals surface area contributed by atoms with Gasteiger partial charge in [0, 0.05) is 19.3 Å². The van der Waals surface area contributed by atoms with Crippen molar-refractivity contribution in [3.63, 3.8) is 0 Å². The molecule has 0 fully saturated rings. The van der Waals surface area contributed by atoms with E-state index >= 15 is 0 Å². The molecule has 0 radical (unpaired) electrons. The van der Waals surface area contributed by atoms with Crippen LogP contribution in [0, 0.1) is 0 Å². The zero-order valence-electron chi connectivity index (χ0n) is 14.0. The van der Waals surface area contributed by atoms with Crippen molar-refractivity contribution in [2.45, 2.75) is 29.9 Å². The van der Waals surface area contributed by atoms with E-state index in [-0.39, 0.29) is 11.2 Å². The molecule has 1 aromatic heterocycles. The van der Waals surface area contributed by atoms with Crippen molar-refractivity contribution in [2.24, 2.45) is 0 Å². The summed E-state index contributed by atoms with van der Waals surface area (Å²) in [7, 11) is 1.65. The molecule has 1 aromatic carbocycles. The van der Waals surface area contributed by atoms with Crippen molar-refractivity contribution in [1.29, 1.82) is 0 Å². The maximum Gasteiger partial charge on any atom is 0.237 e. The Balaban J connectivity index is 1.84. The van der Waals surface area contributed by atoms with E-state index in [0.717, 1.165) is 21.6 Å². The molecule has 0 saturated carbocycles. The minimum Gasteiger partial charge on any atom is -0.383 e. The van der Waals surface area contributed by atoms with Crippen LogP contribution in [-0.2, 0) is 16.0 Å². The van der Waals surface area contributed by atoms with Crippen molar-refractivity contribution < 1.29 is 9.53 Å². The van der Waals surface area contributed by atoms with Gasteiger partial charge in [-0.3, -0.25) is 4.79 Å². The molecule has 0 aliphatic heterocycles. The van der Waals surface area contributed by atoms with Crippen LogP contribution in [0.4, 0.5) is 10.8 Å². The van der Waals surface area contributed by atoms with Crippen LogP contribution in [0.15, 0.2) is 28.6 Å². The molecule has 1 heterocycles. The molecule has 1 amide bonds. The number of ether oxygens (including phenoxy) is 1. The maximum atomic E-state index is 12.3. The number of hydrogen-bond acceptors (Lipinski definition) is 7. The predicted octanol–water partition coefficient (Wildman–Crippen LogP) is 3.28. The monoisotopic (exact) mass is 366 g/mol. The van der Waals surface area contributed by atoms with Gasteiger partial charge in [-0.15, -0.1) is 10.2 Å². The first-order valence-corrected chi connectivity index (χ1v) is 9.44. The van der Waals surface area contributed by atoms with Gasteiger partial charge < -0.3 is 15.4 Å². The summed E-state index contributed by atoms with van der Waals surface area (Å²) in [6, 6.07) is 7.90. The van der Waals surface area contributed by atoms with Crippen LogP contribution in [0.2, 0.25) is 0 Å². The van der Waals surface area contributed by atoms with E-state index < -0.39 is 0 Å². The highest BCUT2D eigenvalue weighted by molar-refractivity contribution is 8.02. The zero-order chi connectivity index (χ0) is 17.4. The van der Waals surface area contributed by atoms with Crippen LogP contribution in [0.1, 0.15) is 19.4 Å². The van der Waals surface area contributed by atoms with Crippen molar-refractivity contribution >= 4 is 39.8 Å². The van der Waals surface area contributed by atoms with Gasteiger partial charge in [0.25, 0.3) is 0 Å². The lowest BCUT2D eigenvalue weighted by molar-refractivity contribution is -0.115. The standard InChI is InChI=1S/C16H22N4O2S2/c1-4-12-5-7-13(8-6-12)18-14(21)11(2)23-16-20-19-15(24-16)17-9-10-22-3/h5-8,11H,4,9-10H2,1-3H3,(H,17,19)(H,18,21)/t11-/m0/s1. The Morgan fingerprint density at radius 2 is 2.08 bits per heavy atom. The minimum atomic E-state index is -0.254. The average molecular weight is 367 g/mol. The molecule has 6 nitrogen and oxygen atoms in total. The van der Waals surface area contributed by atoms with Gasteiger partial charge in [0.1, 0.15) is 0 Å². The van der Waals surface area contributed by atoms with E-state index in [1.54, 1.807) is 7.11 Å². The molecular formula is C16H22N4O2S2. The van der Waals surface area contributed by atoms with Gasteiger partial charge >= 0.3 is 0 Å². The van der Waals surface area contributed by atoms with Crippen LogP contribution in [0.25, 0.3) is 0 Å². The molecule has 0 saturated heterocycles. The molecule has 2 aromatic rings. The Labute approximate surface area is 150 Å². The summed E-state index contributed by atoms with van der Waals surface area (Å²) in [5, 5.41) is 14.7. The van der Waals surface area contributed by atoms with E-state index in [0.29, 0.717) is 13.2 Å². The summed E-state index contributed by atoms with van der Waals surface area (Å²) >= 11 is 2.83. The van der Waals surface area contributed by atoms with Crippen LogP contribution in [0.3, 0.4) is 0 Å². The number of aromatic nitrogens is 2. The highest BCUT2D eigenvalue weighted by Gasteiger charge is 2.17. The average Bonchev–Trinajstić information content (AvgIpc) is 3.03. The number of benzene rings is 1. The number of carbonyl (C=O) groups is 1. The molecule has 2 N–H and O–H groups in total. The highest BCUT2D eigenvalue weighted by atomic mass is 32.2. The summed E-state index contributed by atoms with van der Waals surface area (Å²) in [5.74, 6) is -0.0478. The van der Waals surface area contributed by atoms with Gasteiger partial charge in [0.2, 0.25) is 11.0 Å². The summed E-state index contributed by atoms with van der Waals surface area (Å²) in [6.07, 6.45) is 0.984. The van der Waals surface area contributed by atoms with Crippen LogP contribution >= 0.6 is 23.1 Å². The lowest BCUT2D eigenvalue weighted by atomic mass is 10.1. The second kappa shape index (κ2) is 9.61. The number of rotatable bonds is 9. The molecule has 0 bridgehead atoms. The molecule has 0 unspecified atom stereocenters. The molecule has 0 aliphatic rings. The topological polar surface area (TPSA) is 76.1 Å². The van der Waals surface area contributed by atoms with Gasteiger partial charge in [-0.1, -0.05) is 42.2 Å². The molecule has 0 aliphatic carbocycles. The van der Waals surface area contributed by atoms with Crippen molar-refractivity contribution in [2.75, 3.05) is 30.9 Å². The van der Waals surface area contributed by atoms with Crippen molar-refractivity contribution in [3.8, 4) is 0 Å². The van der Waals surface area contributed by atoms with Crippen LogP contribution in [0.5, 0.6) is 0 Å². The van der Waals surface area contributed by atoms with E-state index in [1.165, 1.54) is 28.7 Å². The highest BCUT2D eigenvalue weighted by Crippen LogP contribution is 2.29. The van der Waals surface area contributed by atoms with Gasteiger partial charge in [-0.05, 0) is 31.0 Å². The molecule has 24 heavy (non-hydrogen) atoms. The number of nitrogens with one attached hydrogen (secondary N) is 2. The summed E-state index contributed by atoms with van der Waals surface area (Å²) in [5.41, 5.74) is 2.06. The minimum absolute atomic E-state index is 0.0478. The first-order chi connectivity index (χ1) is 11.6. The Morgan fingerprint density at radius 3 is 2.75 bits per heavy atom.